The Balaban J connectivity index is 0.896. The summed E-state index contributed by atoms with van der Waals surface area (Å²) in [4.78, 5) is 0. The highest BCUT2D eigenvalue weighted by Gasteiger charge is 2.29. The van der Waals surface area contributed by atoms with Crippen LogP contribution >= 0.6 is 0 Å². The van der Waals surface area contributed by atoms with Crippen LogP contribution in [0.25, 0.3) is 181 Å². The average molecular weight is 1410 g/mol. The van der Waals surface area contributed by atoms with Gasteiger partial charge in [-0.15, -0.1) is 0 Å². The molecule has 0 spiro atoms. The molecular weight excluding hydrogens is 1310 g/mol. The van der Waals surface area contributed by atoms with Crippen molar-refractivity contribution in [3.63, 3.8) is 0 Å². The summed E-state index contributed by atoms with van der Waals surface area (Å²) in [6, 6.07) is 104. The van der Waals surface area contributed by atoms with Gasteiger partial charge in [0.1, 0.15) is 0 Å². The third-order valence-corrected chi connectivity index (χ3v) is 24.2. The van der Waals surface area contributed by atoms with Gasteiger partial charge >= 0.3 is 0 Å². The first-order valence-corrected chi connectivity index (χ1v) is 40.8. The minimum Gasteiger partial charge on any atom is -0.340 e. The molecule has 0 aliphatic carbocycles. The molecule has 6 aromatic heterocycles. The van der Waals surface area contributed by atoms with Gasteiger partial charge in [0.05, 0.1) is 49.7 Å². The third-order valence-electron chi connectivity index (χ3n) is 24.2. The van der Waals surface area contributed by atoms with Crippen LogP contribution < -0.4 is 0 Å². The van der Waals surface area contributed by atoms with Gasteiger partial charge in [0.25, 0.3) is 0 Å². The van der Waals surface area contributed by atoms with Crippen molar-refractivity contribution in [2.45, 2.75) is 156 Å². The Hall–Kier alpha value is -11.3. The highest BCUT2D eigenvalue weighted by atomic mass is 15.0. The van der Waals surface area contributed by atoms with Crippen molar-refractivity contribution in [1.82, 2.24) is 27.4 Å². The van der Waals surface area contributed by atoms with Gasteiger partial charge < -0.3 is 27.4 Å². The number of nitrogens with zero attached hydrogens (tertiary/aromatic N) is 6. The van der Waals surface area contributed by atoms with Crippen molar-refractivity contribution in [1.29, 1.82) is 0 Å². The zero-order valence-electron chi connectivity index (χ0n) is 63.0. The summed E-state index contributed by atoms with van der Waals surface area (Å²) in [5.74, 6) is 0. The van der Waals surface area contributed by atoms with E-state index in [4.69, 9.17) is 0 Å². The van der Waals surface area contributed by atoms with E-state index in [1.165, 1.54) is 278 Å². The number of unbranched alkanes of at least 4 members (excludes halogenated alkanes) is 15. The quantitative estimate of drug-likeness (QED) is 0.0459. The number of rotatable bonds is 27. The maximum Gasteiger partial charge on any atom is 0.0614 e. The Morgan fingerprint density at radius 3 is 0.722 bits per heavy atom. The van der Waals surface area contributed by atoms with Gasteiger partial charge in [0.2, 0.25) is 0 Å². The first-order chi connectivity index (χ1) is 53.5. The molecule has 19 aromatic rings. The average Bonchev–Trinajstić information content (AvgIpc) is 1.51. The van der Waals surface area contributed by atoms with Gasteiger partial charge in [-0.05, 0) is 162 Å². The Morgan fingerprint density at radius 2 is 0.426 bits per heavy atom. The van der Waals surface area contributed by atoms with Gasteiger partial charge in [-0.1, -0.05) is 281 Å². The summed E-state index contributed by atoms with van der Waals surface area (Å²) in [7, 11) is 0. The van der Waals surface area contributed by atoms with E-state index in [1.807, 2.05) is 0 Å². The van der Waals surface area contributed by atoms with Crippen molar-refractivity contribution in [3.05, 3.63) is 273 Å². The fourth-order valence-corrected chi connectivity index (χ4v) is 19.0. The first kappa shape index (κ1) is 67.3. The third kappa shape index (κ3) is 11.6. The predicted molar refractivity (Wildman–Crippen MR) is 465 cm³/mol. The number of para-hydroxylation sites is 6. The minimum atomic E-state index is 0.934. The van der Waals surface area contributed by atoms with Gasteiger partial charge in [0.15, 0.2) is 0 Å². The lowest BCUT2D eigenvalue weighted by atomic mass is 9.98. The molecule has 6 heteroatoms. The number of aryl methyl sites for hydroxylation is 3. The zero-order valence-corrected chi connectivity index (χ0v) is 63.0. The molecule has 6 nitrogen and oxygen atoms in total. The molecule has 108 heavy (non-hydrogen) atoms. The van der Waals surface area contributed by atoms with Crippen LogP contribution in [0.4, 0.5) is 0 Å². The molecule has 19 rings (SSSR count). The Morgan fingerprint density at radius 1 is 0.185 bits per heavy atom. The van der Waals surface area contributed by atoms with Crippen LogP contribution in [0.2, 0.25) is 0 Å². The lowest BCUT2D eigenvalue weighted by Gasteiger charge is -2.13. The summed E-state index contributed by atoms with van der Waals surface area (Å²) in [6.07, 6.45) is 22.1. The molecule has 0 fully saturated rings. The monoisotopic (exact) mass is 1400 g/mol. The van der Waals surface area contributed by atoms with Crippen LogP contribution in [0.15, 0.2) is 273 Å². The van der Waals surface area contributed by atoms with Gasteiger partial charge in [-0.2, -0.15) is 0 Å². The van der Waals surface area contributed by atoms with Crippen molar-refractivity contribution in [2.24, 2.45) is 0 Å². The molecule has 0 unspecified atom stereocenters. The smallest absolute Gasteiger partial charge is 0.0614 e. The number of benzene rings is 13. The van der Waals surface area contributed by atoms with Crippen LogP contribution in [0.1, 0.15) is 136 Å². The van der Waals surface area contributed by atoms with Crippen LogP contribution in [0, 0.1) is 0 Å². The van der Waals surface area contributed by atoms with E-state index >= 15 is 0 Å². The maximum atomic E-state index is 2.85. The second-order valence-corrected chi connectivity index (χ2v) is 30.9. The minimum absolute atomic E-state index is 0.934. The van der Waals surface area contributed by atoms with Crippen molar-refractivity contribution >= 4 is 131 Å². The van der Waals surface area contributed by atoms with Crippen molar-refractivity contribution in [2.75, 3.05) is 0 Å². The highest BCUT2D eigenvalue weighted by Crippen LogP contribution is 2.51. The first-order valence-electron chi connectivity index (χ1n) is 40.8. The van der Waals surface area contributed by atoms with Gasteiger partial charge in [-0.25, -0.2) is 0 Å². The number of hydrogen-bond donors (Lipinski definition) is 0. The molecule has 0 saturated carbocycles. The van der Waals surface area contributed by atoms with Gasteiger partial charge in [0, 0.05) is 118 Å². The van der Waals surface area contributed by atoms with E-state index in [0.29, 0.717) is 0 Å². The largest absolute Gasteiger partial charge is 0.340 e. The van der Waals surface area contributed by atoms with E-state index in [-0.39, 0.29) is 0 Å². The van der Waals surface area contributed by atoms with E-state index < -0.39 is 0 Å². The Labute approximate surface area is 633 Å². The highest BCUT2D eigenvalue weighted by molar-refractivity contribution is 6.40. The molecular formula is C102H96N6. The summed E-state index contributed by atoms with van der Waals surface area (Å²) >= 11 is 0. The second-order valence-electron chi connectivity index (χ2n) is 30.9. The fraction of sp³-hybridized carbons (Fsp3) is 0.235. The molecule has 0 radical (unpaired) electrons. The van der Waals surface area contributed by atoms with Crippen LogP contribution in [0.5, 0.6) is 0 Å². The van der Waals surface area contributed by atoms with E-state index in [1.54, 1.807) is 0 Å². The number of hydrogen-bond acceptors (Lipinski definition) is 0. The van der Waals surface area contributed by atoms with Crippen LogP contribution in [-0.2, 0) is 19.6 Å². The Kier molecular flexibility index (Phi) is 18.1. The molecule has 13 aromatic carbocycles. The van der Waals surface area contributed by atoms with Crippen LogP contribution in [-0.4, -0.2) is 27.4 Å². The Bertz CT molecular complexity index is 5900. The second kappa shape index (κ2) is 29.1. The lowest BCUT2D eigenvalue weighted by molar-refractivity contribution is 0.570. The molecule has 0 amide bonds. The summed E-state index contributed by atoms with van der Waals surface area (Å²) < 4.78 is 15.9. The molecule has 6 heterocycles. The summed E-state index contributed by atoms with van der Waals surface area (Å²) in [5, 5.41) is 15.9. The topological polar surface area (TPSA) is 29.6 Å². The number of fused-ring (bicyclic) bond motifs is 21. The standard InChI is InChI=1S/C102H96N6/c1-4-7-10-13-16-34-61-103-94-67-73(70-52-58-91-85(64-70)79-43-28-31-46-88(79)106(91)76-37-22-19-23-38-76)49-55-82(94)97-100(103)98-83-56-50-74(71-53-59-92-86(65-71)80-44-29-32-47-89(80)107(92)77-39-24-20-25-40-77)68-95(83)104(62-35-17-14-11-8-5-2)102(98)99-84-57-51-75(69-96(84)105(101(97)99)63-36-18-15-12-9-6-3)72-54-60-93-87(66-72)81-45-30-33-48-90(81)108(93)78-41-26-21-27-42-78/h19-33,37-60,64-69H,4-18,34-36,61-63H2,1-3H3. The molecule has 534 valence electrons. The molecule has 0 aliphatic heterocycles. The lowest BCUT2D eigenvalue weighted by Crippen LogP contribution is -2.02. The maximum absolute atomic E-state index is 2.85. The molecule has 0 aliphatic rings. The molecule has 0 saturated heterocycles. The van der Waals surface area contributed by atoms with E-state index in [2.05, 4.69) is 321 Å². The fourth-order valence-electron chi connectivity index (χ4n) is 19.0. The zero-order chi connectivity index (χ0) is 72.2. The van der Waals surface area contributed by atoms with Crippen LogP contribution in [0.3, 0.4) is 0 Å². The van der Waals surface area contributed by atoms with Gasteiger partial charge in [-0.3, -0.25) is 0 Å². The normalized spacial score (nSPS) is 12.2. The van der Waals surface area contributed by atoms with Crippen molar-refractivity contribution in [3.8, 4) is 50.4 Å². The predicted octanol–water partition coefficient (Wildman–Crippen LogP) is 29.4. The summed E-state index contributed by atoms with van der Waals surface area (Å²) in [6.45, 7) is 9.83. The molecule has 0 N–H and O–H groups in total. The molecule has 0 atom stereocenters. The molecule has 0 bridgehead atoms. The summed E-state index contributed by atoms with van der Waals surface area (Å²) in [5.41, 5.74) is 26.5. The van der Waals surface area contributed by atoms with Crippen molar-refractivity contribution < 1.29 is 0 Å². The van der Waals surface area contributed by atoms with E-state index in [9.17, 15) is 0 Å². The van der Waals surface area contributed by atoms with E-state index in [0.717, 1.165) is 38.9 Å². The SMILES string of the molecule is CCCCCCCCn1c2cc(-c3ccc4c(c3)c3ccccc3n4-c3ccccc3)ccc2c2c1c1c3ccc(-c4ccc5c(c4)c4ccccc4n5-c4ccccc4)cc3n(CCCCCCCC)c1c1c3ccc(-c4ccc5c(c4)c4ccccc4n5-c4ccccc4)cc3n(CCCCCCCC)c21. The number of aromatic nitrogens is 6.